The van der Waals surface area contributed by atoms with E-state index in [0.29, 0.717) is 11.1 Å². The molecule has 0 fully saturated rings. The van der Waals surface area contributed by atoms with Gasteiger partial charge in [0.1, 0.15) is 11.4 Å². The van der Waals surface area contributed by atoms with E-state index < -0.39 is 41.0 Å². The fourth-order valence-electron chi connectivity index (χ4n) is 5.13. The van der Waals surface area contributed by atoms with Crippen LogP contribution in [-0.4, -0.2) is 62.8 Å². The van der Waals surface area contributed by atoms with Crippen molar-refractivity contribution in [1.29, 1.82) is 0 Å². The Hall–Kier alpha value is -4.26. The first-order chi connectivity index (χ1) is 19.0. The fraction of sp³-hybridized carbons (Fsp3) is 0.308. The Labute approximate surface area is 229 Å². The number of aromatic amines is 1. The van der Waals surface area contributed by atoms with Gasteiger partial charge in [-0.2, -0.15) is 13.2 Å². The number of esters is 1. The number of amides is 1. The van der Waals surface area contributed by atoms with E-state index in [9.17, 15) is 27.9 Å². The number of halogens is 4. The maximum Gasteiger partial charge on any atom is 0.432 e. The third-order valence-electron chi connectivity index (χ3n) is 6.80. The Balaban J connectivity index is 1.71. The van der Waals surface area contributed by atoms with Crippen molar-refractivity contribution in [1.82, 2.24) is 4.98 Å². The number of furan rings is 1. The molecular formula is C26H22ClF3N2O8. The number of rotatable bonds is 6. The van der Waals surface area contributed by atoms with Gasteiger partial charge in [-0.25, -0.2) is 4.79 Å². The summed E-state index contributed by atoms with van der Waals surface area (Å²) >= 11 is 6.21. The van der Waals surface area contributed by atoms with Crippen LogP contribution in [0.2, 0.25) is 0 Å². The topological polar surface area (TPSA) is 123 Å². The molecule has 10 nitrogen and oxygen atoms in total. The summed E-state index contributed by atoms with van der Waals surface area (Å²) in [4.78, 5) is 29.7. The highest BCUT2D eigenvalue weighted by molar-refractivity contribution is 6.20. The Morgan fingerprint density at radius 1 is 1.12 bits per heavy atom. The standard InChI is InChI=1S/C26H22ClF3N2O8/c1-36-14-5-10-6-15(40-20(10)22(38-3)21(14)37-2)24(34)32-9-11(8-27)16-12(32)7-13(33)19-17(16)18(25(35)39-4)23(31-19)26(28,29)30/h5-7,11,31,33H,8-9H2,1-4H3/t11-/m1/s1. The minimum Gasteiger partial charge on any atom is -0.506 e. The number of anilines is 1. The van der Waals surface area contributed by atoms with Crippen molar-refractivity contribution in [3.05, 3.63) is 40.8 Å². The van der Waals surface area contributed by atoms with E-state index in [-0.39, 0.29) is 57.4 Å². The van der Waals surface area contributed by atoms with Crippen LogP contribution in [0.1, 0.15) is 38.1 Å². The molecule has 0 aliphatic carbocycles. The molecule has 0 radical (unpaired) electrons. The summed E-state index contributed by atoms with van der Waals surface area (Å²) in [6.45, 7) is -0.0653. The number of aromatic nitrogens is 1. The summed E-state index contributed by atoms with van der Waals surface area (Å²) in [7, 11) is 5.18. The highest BCUT2D eigenvalue weighted by Gasteiger charge is 2.44. The molecule has 1 atom stereocenters. The van der Waals surface area contributed by atoms with Gasteiger partial charge in [-0.15, -0.1) is 11.6 Å². The summed E-state index contributed by atoms with van der Waals surface area (Å²) in [5, 5.41) is 11.0. The number of ether oxygens (including phenoxy) is 4. The number of nitrogens with zero attached hydrogens (tertiary/aromatic N) is 1. The van der Waals surface area contributed by atoms with Crippen molar-refractivity contribution in [3.8, 4) is 23.0 Å². The largest absolute Gasteiger partial charge is 0.506 e. The van der Waals surface area contributed by atoms with Crippen LogP contribution >= 0.6 is 11.6 Å². The molecule has 0 spiro atoms. The lowest BCUT2D eigenvalue weighted by atomic mass is 9.95. The van der Waals surface area contributed by atoms with Crippen molar-refractivity contribution in [2.45, 2.75) is 12.1 Å². The van der Waals surface area contributed by atoms with Crippen molar-refractivity contribution < 1.29 is 51.2 Å². The van der Waals surface area contributed by atoms with Crippen LogP contribution < -0.4 is 19.1 Å². The number of carbonyl (C=O) groups excluding carboxylic acids is 2. The number of fused-ring (bicyclic) bond motifs is 4. The fourth-order valence-corrected chi connectivity index (χ4v) is 5.38. The lowest BCUT2D eigenvalue weighted by Crippen LogP contribution is -2.29. The first-order valence-corrected chi connectivity index (χ1v) is 12.2. The Kier molecular flexibility index (Phi) is 6.65. The smallest absolute Gasteiger partial charge is 0.432 e. The maximum absolute atomic E-state index is 13.9. The minimum atomic E-state index is -4.97. The number of methoxy groups -OCH3 is 4. The molecule has 0 saturated heterocycles. The van der Waals surface area contributed by atoms with Gasteiger partial charge in [-0.1, -0.05) is 0 Å². The zero-order valence-electron chi connectivity index (χ0n) is 21.5. The Morgan fingerprint density at radius 3 is 2.40 bits per heavy atom. The number of carbonyl (C=O) groups is 2. The molecule has 5 rings (SSSR count). The zero-order valence-corrected chi connectivity index (χ0v) is 22.2. The molecule has 212 valence electrons. The molecular weight excluding hydrogens is 561 g/mol. The lowest BCUT2D eigenvalue weighted by molar-refractivity contribution is -0.141. The third kappa shape index (κ3) is 3.95. The van der Waals surface area contributed by atoms with Crippen LogP contribution in [0.5, 0.6) is 23.0 Å². The Bertz CT molecular complexity index is 1680. The number of phenols is 1. The van der Waals surface area contributed by atoms with E-state index in [1.807, 2.05) is 0 Å². The molecule has 3 heterocycles. The normalized spacial score (nSPS) is 15.0. The molecule has 2 aromatic heterocycles. The molecule has 2 N–H and O–H groups in total. The summed E-state index contributed by atoms with van der Waals surface area (Å²) < 4.78 is 68.3. The first kappa shape index (κ1) is 27.3. The maximum atomic E-state index is 13.9. The summed E-state index contributed by atoms with van der Waals surface area (Å²) in [6, 6.07) is 4.19. The number of alkyl halides is 4. The number of hydrogen-bond acceptors (Lipinski definition) is 8. The summed E-state index contributed by atoms with van der Waals surface area (Å²) in [5.41, 5.74) is -2.08. The molecule has 40 heavy (non-hydrogen) atoms. The number of H-pyrrole nitrogens is 1. The van der Waals surface area contributed by atoms with Gasteiger partial charge in [0.25, 0.3) is 5.91 Å². The van der Waals surface area contributed by atoms with E-state index in [2.05, 4.69) is 9.72 Å². The van der Waals surface area contributed by atoms with Gasteiger partial charge in [-0.05, 0) is 17.7 Å². The van der Waals surface area contributed by atoms with Gasteiger partial charge in [0, 0.05) is 35.2 Å². The quantitative estimate of drug-likeness (QED) is 0.228. The van der Waals surface area contributed by atoms with Crippen LogP contribution in [0.15, 0.2) is 22.6 Å². The Morgan fingerprint density at radius 2 is 1.82 bits per heavy atom. The van der Waals surface area contributed by atoms with Crippen molar-refractivity contribution >= 4 is 51.0 Å². The van der Waals surface area contributed by atoms with Gasteiger partial charge in [-0.3, -0.25) is 4.79 Å². The van der Waals surface area contributed by atoms with E-state index >= 15 is 0 Å². The molecule has 2 aromatic carbocycles. The van der Waals surface area contributed by atoms with Crippen LogP contribution in [0.3, 0.4) is 0 Å². The molecule has 1 aliphatic rings. The van der Waals surface area contributed by atoms with Gasteiger partial charge < -0.3 is 38.4 Å². The summed E-state index contributed by atoms with van der Waals surface area (Å²) in [6.07, 6.45) is -4.97. The van der Waals surface area contributed by atoms with E-state index in [4.69, 9.17) is 30.2 Å². The predicted molar refractivity (Wildman–Crippen MR) is 137 cm³/mol. The second-order valence-electron chi connectivity index (χ2n) is 8.88. The first-order valence-electron chi connectivity index (χ1n) is 11.7. The molecule has 0 bridgehead atoms. The SMILES string of the molecule is COC(=O)c1c(C(F)(F)F)[nH]c2c(O)cc3c(c12)[C@H](CCl)CN3C(=O)c1cc2cc(OC)c(OC)c(OC)c2o1. The van der Waals surface area contributed by atoms with Crippen LogP contribution in [-0.2, 0) is 10.9 Å². The van der Waals surface area contributed by atoms with Crippen molar-refractivity contribution in [2.24, 2.45) is 0 Å². The molecule has 0 unspecified atom stereocenters. The monoisotopic (exact) mass is 582 g/mol. The third-order valence-corrected chi connectivity index (χ3v) is 7.18. The van der Waals surface area contributed by atoms with E-state index in [1.54, 1.807) is 6.07 Å². The summed E-state index contributed by atoms with van der Waals surface area (Å²) in [5.74, 6) is -2.72. The van der Waals surface area contributed by atoms with Crippen molar-refractivity contribution in [3.63, 3.8) is 0 Å². The highest BCUT2D eigenvalue weighted by Crippen LogP contribution is 2.50. The number of aromatic hydroxyl groups is 1. The average Bonchev–Trinajstić information content (AvgIpc) is 3.64. The van der Waals surface area contributed by atoms with Crippen molar-refractivity contribution in [2.75, 3.05) is 45.8 Å². The number of benzene rings is 2. The second-order valence-corrected chi connectivity index (χ2v) is 9.19. The zero-order chi connectivity index (χ0) is 29.1. The molecule has 1 amide bonds. The number of hydrogen-bond donors (Lipinski definition) is 2. The van der Waals surface area contributed by atoms with E-state index in [0.717, 1.165) is 13.2 Å². The lowest BCUT2D eigenvalue weighted by Gasteiger charge is -2.16. The van der Waals surface area contributed by atoms with Crippen LogP contribution in [0, 0.1) is 0 Å². The van der Waals surface area contributed by atoms with Gasteiger partial charge in [0.2, 0.25) is 11.5 Å². The van der Waals surface area contributed by atoms with E-state index in [1.165, 1.54) is 32.3 Å². The second kappa shape index (κ2) is 9.73. The molecule has 14 heteroatoms. The van der Waals surface area contributed by atoms with Crippen LogP contribution in [0.4, 0.5) is 18.9 Å². The van der Waals surface area contributed by atoms with Crippen LogP contribution in [0.25, 0.3) is 21.9 Å². The number of phenolic OH excluding ortho intramolecular Hbond substituents is 1. The minimum absolute atomic E-state index is 0.0653. The number of nitrogens with one attached hydrogen (secondary N) is 1. The predicted octanol–water partition coefficient (Wildman–Crippen LogP) is 5.43. The van der Waals surface area contributed by atoms with Gasteiger partial charge in [0.15, 0.2) is 17.1 Å². The molecule has 1 aliphatic heterocycles. The molecule has 4 aromatic rings. The highest BCUT2D eigenvalue weighted by atomic mass is 35.5. The van der Waals surface area contributed by atoms with Gasteiger partial charge in [0.05, 0.1) is 45.2 Å². The van der Waals surface area contributed by atoms with Gasteiger partial charge >= 0.3 is 12.1 Å². The molecule has 0 saturated carbocycles. The average molecular weight is 583 g/mol.